The fourth-order valence-electron chi connectivity index (χ4n) is 1.05. The average molecular weight is 191 g/mol. The van der Waals surface area contributed by atoms with Gasteiger partial charge in [-0.3, -0.25) is 15.2 Å². The molecule has 2 aromatic heterocycles. The summed E-state index contributed by atoms with van der Waals surface area (Å²) in [6.07, 6.45) is 2.73. The van der Waals surface area contributed by atoms with Gasteiger partial charge < -0.3 is 0 Å². The molecule has 2 heterocycles. The Kier molecular flexibility index (Phi) is 1.90. The molecule has 0 radical (unpaired) electrons. The highest BCUT2D eigenvalue weighted by Gasteiger charge is 2.17. The van der Waals surface area contributed by atoms with Crippen LogP contribution in [0.2, 0.25) is 0 Å². The molecule has 0 atom stereocenters. The Morgan fingerprint density at radius 2 is 2.29 bits per heavy atom. The first kappa shape index (κ1) is 8.30. The van der Waals surface area contributed by atoms with Crippen molar-refractivity contribution in [3.8, 4) is 11.5 Å². The van der Waals surface area contributed by atoms with Crippen molar-refractivity contribution in [3.05, 3.63) is 34.8 Å². The van der Waals surface area contributed by atoms with Crippen molar-refractivity contribution in [1.29, 1.82) is 0 Å². The van der Waals surface area contributed by atoms with E-state index < -0.39 is 4.92 Å². The molecule has 0 aliphatic carbocycles. The Bertz CT molecular complexity index is 453. The highest BCUT2D eigenvalue weighted by Crippen LogP contribution is 2.22. The van der Waals surface area contributed by atoms with Crippen LogP contribution in [-0.4, -0.2) is 25.1 Å². The second-order valence-electron chi connectivity index (χ2n) is 2.46. The minimum Gasteiger partial charge on any atom is -0.258 e. The molecule has 0 spiro atoms. The average Bonchev–Trinajstić information content (AvgIpc) is 2.70. The van der Waals surface area contributed by atoms with Gasteiger partial charge >= 0.3 is 0 Å². The molecule has 0 aliphatic rings. The monoisotopic (exact) mass is 191 g/mol. The molecule has 2 aromatic rings. The smallest absolute Gasteiger partial charge is 0.258 e. The highest BCUT2D eigenvalue weighted by molar-refractivity contribution is 5.62. The molecule has 1 N–H and O–H groups in total. The van der Waals surface area contributed by atoms with Crippen molar-refractivity contribution >= 4 is 5.69 Å². The number of hydrogen-bond acceptors (Lipinski definition) is 5. The largest absolute Gasteiger partial charge is 0.298 e. The zero-order chi connectivity index (χ0) is 9.97. The van der Waals surface area contributed by atoms with Crippen LogP contribution < -0.4 is 0 Å². The summed E-state index contributed by atoms with van der Waals surface area (Å²) < 4.78 is 0. The van der Waals surface area contributed by atoms with Crippen LogP contribution in [0.5, 0.6) is 0 Å². The number of hydrogen-bond donors (Lipinski definition) is 1. The van der Waals surface area contributed by atoms with Gasteiger partial charge in [-0.1, -0.05) is 0 Å². The maximum atomic E-state index is 10.6. The molecule has 0 fully saturated rings. The fourth-order valence-corrected chi connectivity index (χ4v) is 1.05. The second-order valence-corrected chi connectivity index (χ2v) is 2.46. The van der Waals surface area contributed by atoms with Crippen LogP contribution >= 0.6 is 0 Å². The van der Waals surface area contributed by atoms with E-state index in [0.29, 0.717) is 0 Å². The van der Waals surface area contributed by atoms with E-state index in [0.717, 1.165) is 0 Å². The van der Waals surface area contributed by atoms with Crippen molar-refractivity contribution in [3.63, 3.8) is 0 Å². The maximum absolute atomic E-state index is 10.6. The topological polar surface area (TPSA) is 97.6 Å². The Labute approximate surface area is 78.0 Å². The van der Waals surface area contributed by atoms with E-state index in [-0.39, 0.29) is 17.2 Å². The summed E-state index contributed by atoms with van der Waals surface area (Å²) in [5.74, 6) is 0.289. The molecule has 0 saturated carbocycles. The van der Waals surface area contributed by atoms with Gasteiger partial charge in [0.1, 0.15) is 6.33 Å². The molecule has 0 saturated heterocycles. The van der Waals surface area contributed by atoms with Crippen LogP contribution in [0.15, 0.2) is 24.7 Å². The third-order valence-electron chi connectivity index (χ3n) is 1.62. The molecule has 0 aromatic carbocycles. The number of rotatable bonds is 2. The molecule has 0 amide bonds. The third-order valence-corrected chi connectivity index (χ3v) is 1.62. The van der Waals surface area contributed by atoms with E-state index in [2.05, 4.69) is 20.2 Å². The summed E-state index contributed by atoms with van der Waals surface area (Å²) in [5.41, 5.74) is 0.0965. The number of nitrogens with zero attached hydrogens (tertiary/aromatic N) is 4. The lowest BCUT2D eigenvalue weighted by Gasteiger charge is -1.96. The second kappa shape index (κ2) is 3.21. The van der Waals surface area contributed by atoms with Gasteiger partial charge in [0, 0.05) is 12.3 Å². The summed E-state index contributed by atoms with van der Waals surface area (Å²) in [6, 6.07) is 2.86. The number of aromatic amines is 1. The highest BCUT2D eigenvalue weighted by atomic mass is 16.6. The summed E-state index contributed by atoms with van der Waals surface area (Å²) in [5, 5.41) is 16.7. The first-order chi connectivity index (χ1) is 6.79. The number of pyridine rings is 1. The standard InChI is InChI=1S/C7H5N5O2/c13-12(14)5-2-1-3-8-6(5)7-9-4-10-11-7/h1-4H,(H,9,10,11). The van der Waals surface area contributed by atoms with Gasteiger partial charge in [-0.15, -0.1) is 0 Å². The number of nitro groups is 1. The first-order valence-corrected chi connectivity index (χ1v) is 3.74. The molecule has 14 heavy (non-hydrogen) atoms. The van der Waals surface area contributed by atoms with Gasteiger partial charge in [0.2, 0.25) is 0 Å². The summed E-state index contributed by atoms with van der Waals surface area (Å²) >= 11 is 0. The van der Waals surface area contributed by atoms with Crippen molar-refractivity contribution in [1.82, 2.24) is 20.2 Å². The zero-order valence-corrected chi connectivity index (χ0v) is 6.91. The van der Waals surface area contributed by atoms with Gasteiger partial charge in [-0.05, 0) is 6.07 Å². The Morgan fingerprint density at radius 1 is 1.43 bits per heavy atom. The Balaban J connectivity index is 2.58. The summed E-state index contributed by atoms with van der Waals surface area (Å²) in [6.45, 7) is 0. The first-order valence-electron chi connectivity index (χ1n) is 3.74. The van der Waals surface area contributed by atoms with Gasteiger partial charge in [-0.2, -0.15) is 5.10 Å². The molecular formula is C7H5N5O2. The SMILES string of the molecule is O=[N+]([O-])c1cccnc1-c1ncn[nH]1. The van der Waals surface area contributed by atoms with E-state index in [9.17, 15) is 10.1 Å². The van der Waals surface area contributed by atoms with E-state index in [1.165, 1.54) is 24.7 Å². The molecule has 2 rings (SSSR count). The molecule has 0 aliphatic heterocycles. The Hall–Kier alpha value is -2.31. The summed E-state index contributed by atoms with van der Waals surface area (Å²) in [7, 11) is 0. The predicted molar refractivity (Wildman–Crippen MR) is 46.3 cm³/mol. The normalized spacial score (nSPS) is 10.0. The number of H-pyrrole nitrogens is 1. The van der Waals surface area contributed by atoms with Crippen molar-refractivity contribution in [2.75, 3.05) is 0 Å². The van der Waals surface area contributed by atoms with Gasteiger partial charge in [0.05, 0.1) is 4.92 Å². The zero-order valence-electron chi connectivity index (χ0n) is 6.91. The maximum Gasteiger partial charge on any atom is 0.298 e. The predicted octanol–water partition coefficient (Wildman–Crippen LogP) is 0.775. The quantitative estimate of drug-likeness (QED) is 0.558. The molecule has 7 heteroatoms. The van der Waals surface area contributed by atoms with E-state index >= 15 is 0 Å². The van der Waals surface area contributed by atoms with Crippen LogP contribution in [0.1, 0.15) is 0 Å². The molecule has 0 bridgehead atoms. The van der Waals surface area contributed by atoms with Crippen LogP contribution in [-0.2, 0) is 0 Å². The van der Waals surface area contributed by atoms with Crippen LogP contribution in [0, 0.1) is 10.1 Å². The molecule has 7 nitrogen and oxygen atoms in total. The van der Waals surface area contributed by atoms with Crippen LogP contribution in [0.4, 0.5) is 5.69 Å². The molecule has 70 valence electrons. The fraction of sp³-hybridized carbons (Fsp3) is 0. The summed E-state index contributed by atoms with van der Waals surface area (Å²) in [4.78, 5) is 17.8. The number of aromatic nitrogens is 4. The van der Waals surface area contributed by atoms with Gasteiger partial charge in [-0.25, -0.2) is 9.97 Å². The van der Waals surface area contributed by atoms with E-state index in [1.807, 2.05) is 0 Å². The molecular weight excluding hydrogens is 186 g/mol. The van der Waals surface area contributed by atoms with Crippen molar-refractivity contribution in [2.24, 2.45) is 0 Å². The van der Waals surface area contributed by atoms with Crippen molar-refractivity contribution < 1.29 is 4.92 Å². The lowest BCUT2D eigenvalue weighted by molar-refractivity contribution is -0.384. The van der Waals surface area contributed by atoms with E-state index in [1.54, 1.807) is 0 Å². The van der Waals surface area contributed by atoms with Crippen molar-refractivity contribution in [2.45, 2.75) is 0 Å². The lowest BCUT2D eigenvalue weighted by Crippen LogP contribution is -1.95. The third kappa shape index (κ3) is 1.30. The lowest BCUT2D eigenvalue weighted by atomic mass is 10.3. The number of nitrogens with one attached hydrogen (secondary N) is 1. The van der Waals surface area contributed by atoms with Crippen LogP contribution in [0.3, 0.4) is 0 Å². The molecule has 0 unspecified atom stereocenters. The van der Waals surface area contributed by atoms with Gasteiger partial charge in [0.25, 0.3) is 5.69 Å². The minimum atomic E-state index is -0.509. The van der Waals surface area contributed by atoms with E-state index in [4.69, 9.17) is 0 Å². The van der Waals surface area contributed by atoms with Crippen LogP contribution in [0.25, 0.3) is 11.5 Å². The minimum absolute atomic E-state index is 0.0933. The van der Waals surface area contributed by atoms with Gasteiger partial charge in [0.15, 0.2) is 11.5 Å². The Morgan fingerprint density at radius 3 is 2.93 bits per heavy atom.